The Labute approximate surface area is 198 Å². The summed E-state index contributed by atoms with van der Waals surface area (Å²) in [4.78, 5) is 0. The topological polar surface area (TPSA) is 138 Å². The third-order valence-corrected chi connectivity index (χ3v) is 6.48. The Hall–Kier alpha value is -2.40. The van der Waals surface area contributed by atoms with Crippen LogP contribution in [0.1, 0.15) is 42.1 Å². The minimum Gasteiger partial charge on any atom is -0.493 e. The van der Waals surface area contributed by atoms with E-state index in [9.17, 15) is 20.4 Å². The molecule has 9 heteroatoms. The Kier molecular flexibility index (Phi) is 7.61. The summed E-state index contributed by atoms with van der Waals surface area (Å²) < 4.78 is 23.0. The quantitative estimate of drug-likeness (QED) is 0.378. The molecule has 2 aliphatic heterocycles. The molecule has 4 rings (SSSR count). The van der Waals surface area contributed by atoms with Crippen LogP contribution in [0.25, 0.3) is 0 Å². The largest absolute Gasteiger partial charge is 0.493 e. The Bertz CT molecular complexity index is 981. The lowest BCUT2D eigenvalue weighted by Gasteiger charge is -2.39. The number of hydrogen-bond acceptors (Lipinski definition) is 9. The summed E-state index contributed by atoms with van der Waals surface area (Å²) in [5, 5.41) is 49.4. The van der Waals surface area contributed by atoms with Gasteiger partial charge in [0.1, 0.15) is 30.2 Å². The van der Waals surface area contributed by atoms with Crippen LogP contribution < -0.4 is 14.2 Å². The molecule has 1 fully saturated rings. The number of hydrogen-bond donors (Lipinski definition) is 5. The summed E-state index contributed by atoms with van der Waals surface area (Å²) in [6, 6.07) is 11.1. The van der Waals surface area contributed by atoms with Crippen molar-refractivity contribution in [1.82, 2.24) is 0 Å². The average molecular weight is 477 g/mol. The van der Waals surface area contributed by atoms with E-state index in [1.807, 2.05) is 18.2 Å². The second kappa shape index (κ2) is 10.5. The zero-order valence-electron chi connectivity index (χ0n) is 19.2. The number of aryl methyl sites for hydroxylation is 1. The zero-order valence-corrected chi connectivity index (χ0v) is 19.2. The molecule has 0 aromatic heterocycles. The molecule has 186 valence electrons. The third kappa shape index (κ3) is 4.72. The van der Waals surface area contributed by atoms with Crippen molar-refractivity contribution < 1.29 is 44.5 Å². The highest BCUT2D eigenvalue weighted by Crippen LogP contribution is 2.47. The number of benzene rings is 2. The van der Waals surface area contributed by atoms with Gasteiger partial charge in [0.15, 0.2) is 11.5 Å². The van der Waals surface area contributed by atoms with E-state index >= 15 is 0 Å². The van der Waals surface area contributed by atoms with Crippen molar-refractivity contribution in [3.05, 3.63) is 53.1 Å². The number of aliphatic hydroxyl groups excluding tert-OH is 5. The number of fused-ring (bicyclic) bond motifs is 1. The van der Waals surface area contributed by atoms with Crippen LogP contribution in [-0.2, 0) is 11.2 Å². The van der Waals surface area contributed by atoms with E-state index in [4.69, 9.17) is 24.1 Å². The van der Waals surface area contributed by atoms with Crippen molar-refractivity contribution in [3.63, 3.8) is 0 Å². The van der Waals surface area contributed by atoms with Crippen LogP contribution in [0.2, 0.25) is 0 Å². The zero-order chi connectivity index (χ0) is 24.4. The van der Waals surface area contributed by atoms with E-state index in [1.54, 1.807) is 25.1 Å². The Balaban J connectivity index is 1.55. The van der Waals surface area contributed by atoms with Gasteiger partial charge in [0.05, 0.1) is 25.7 Å². The van der Waals surface area contributed by atoms with E-state index in [0.717, 1.165) is 23.1 Å². The predicted octanol–water partition coefficient (Wildman–Crippen LogP) is 1.04. The van der Waals surface area contributed by atoms with Crippen molar-refractivity contribution >= 4 is 0 Å². The molecule has 34 heavy (non-hydrogen) atoms. The minimum atomic E-state index is -1.44. The second-order valence-electron chi connectivity index (χ2n) is 8.74. The molecule has 5 N–H and O–H groups in total. The van der Waals surface area contributed by atoms with Gasteiger partial charge in [-0.2, -0.15) is 0 Å². The van der Waals surface area contributed by atoms with Gasteiger partial charge in [-0.1, -0.05) is 18.2 Å². The first kappa shape index (κ1) is 24.7. The van der Waals surface area contributed by atoms with E-state index in [2.05, 4.69) is 0 Å². The van der Waals surface area contributed by atoms with Gasteiger partial charge in [-0.15, -0.1) is 0 Å². The van der Waals surface area contributed by atoms with Crippen molar-refractivity contribution in [1.29, 1.82) is 0 Å². The Morgan fingerprint density at radius 2 is 1.74 bits per heavy atom. The standard InChI is InChI=1S/C25H32O9/c1-13-21(28)22(29)23(30)25(32-13)34-19-8-6-15(11-20(19)31-2)24-17(12-27)16-10-14(4-3-9-26)5-7-18(16)33-24/h5-8,10-11,13,17,21-30H,3-4,9,12H2,1-2H3/t13-,17+,21-,22+,23+,24-,25-/m0/s1. The third-order valence-electron chi connectivity index (χ3n) is 6.48. The lowest BCUT2D eigenvalue weighted by Crippen LogP contribution is -2.58. The first-order chi connectivity index (χ1) is 16.4. The highest BCUT2D eigenvalue weighted by Gasteiger charge is 2.43. The maximum absolute atomic E-state index is 10.3. The summed E-state index contributed by atoms with van der Waals surface area (Å²) in [6.45, 7) is 1.59. The van der Waals surface area contributed by atoms with Crippen LogP contribution in [0.4, 0.5) is 0 Å². The molecule has 0 saturated carbocycles. The van der Waals surface area contributed by atoms with Crippen molar-refractivity contribution in [2.24, 2.45) is 0 Å². The van der Waals surface area contributed by atoms with E-state index < -0.39 is 36.8 Å². The van der Waals surface area contributed by atoms with Gasteiger partial charge in [0.2, 0.25) is 6.29 Å². The van der Waals surface area contributed by atoms with Gasteiger partial charge in [-0.3, -0.25) is 0 Å². The van der Waals surface area contributed by atoms with Gasteiger partial charge >= 0.3 is 0 Å². The average Bonchev–Trinajstić information content (AvgIpc) is 3.22. The van der Waals surface area contributed by atoms with Gasteiger partial charge in [-0.25, -0.2) is 0 Å². The van der Waals surface area contributed by atoms with Gasteiger partial charge < -0.3 is 44.5 Å². The molecule has 0 aliphatic carbocycles. The molecule has 2 heterocycles. The minimum absolute atomic E-state index is 0.109. The SMILES string of the molecule is COc1cc([C@@H]2Oc3ccc(CCCO)cc3[C@H]2CO)ccc1O[C@@H]1O[C@@H](C)[C@H](O)[C@@H](O)[C@H]1O. The van der Waals surface area contributed by atoms with Crippen LogP contribution in [0.3, 0.4) is 0 Å². The van der Waals surface area contributed by atoms with Crippen molar-refractivity contribution in [3.8, 4) is 17.2 Å². The van der Waals surface area contributed by atoms with Gasteiger partial charge in [0, 0.05) is 12.2 Å². The van der Waals surface area contributed by atoms with E-state index in [-0.39, 0.29) is 24.9 Å². The first-order valence-electron chi connectivity index (χ1n) is 11.4. The second-order valence-corrected chi connectivity index (χ2v) is 8.74. The van der Waals surface area contributed by atoms with Crippen LogP contribution in [0.5, 0.6) is 17.2 Å². The summed E-state index contributed by atoms with van der Waals surface area (Å²) in [5.74, 6) is 1.08. The normalized spacial score (nSPS) is 30.5. The molecule has 0 spiro atoms. The molecule has 1 saturated heterocycles. The van der Waals surface area contributed by atoms with Crippen LogP contribution in [0, 0.1) is 0 Å². The molecule has 9 nitrogen and oxygen atoms in total. The molecule has 0 radical (unpaired) electrons. The molecule has 2 aromatic carbocycles. The van der Waals surface area contributed by atoms with Crippen LogP contribution in [0.15, 0.2) is 36.4 Å². The van der Waals surface area contributed by atoms with Gasteiger partial charge in [0.25, 0.3) is 0 Å². The van der Waals surface area contributed by atoms with Crippen LogP contribution in [-0.4, -0.2) is 76.6 Å². The number of ether oxygens (including phenoxy) is 4. The summed E-state index contributed by atoms with van der Waals surface area (Å²) in [5.41, 5.74) is 2.76. The maximum atomic E-state index is 10.3. The van der Waals surface area contributed by atoms with E-state index in [0.29, 0.717) is 17.9 Å². The first-order valence-corrected chi connectivity index (χ1v) is 11.4. The monoisotopic (exact) mass is 476 g/mol. The molecule has 7 atom stereocenters. The Morgan fingerprint density at radius 3 is 2.44 bits per heavy atom. The Morgan fingerprint density at radius 1 is 0.941 bits per heavy atom. The fourth-order valence-corrected chi connectivity index (χ4v) is 4.50. The molecule has 0 bridgehead atoms. The summed E-state index contributed by atoms with van der Waals surface area (Å²) in [6.07, 6.45) is -5.02. The summed E-state index contributed by atoms with van der Waals surface area (Å²) >= 11 is 0. The smallest absolute Gasteiger partial charge is 0.229 e. The molecule has 2 aliphatic rings. The molecule has 2 aromatic rings. The van der Waals surface area contributed by atoms with Crippen molar-refractivity contribution in [2.45, 2.75) is 62.5 Å². The lowest BCUT2D eigenvalue weighted by atomic mass is 9.90. The maximum Gasteiger partial charge on any atom is 0.229 e. The fraction of sp³-hybridized carbons (Fsp3) is 0.520. The molecular weight excluding hydrogens is 444 g/mol. The van der Waals surface area contributed by atoms with Gasteiger partial charge in [-0.05, 0) is 49.1 Å². The van der Waals surface area contributed by atoms with Crippen molar-refractivity contribution in [2.75, 3.05) is 20.3 Å². The highest BCUT2D eigenvalue weighted by molar-refractivity contribution is 5.49. The molecule has 0 unspecified atom stereocenters. The van der Waals surface area contributed by atoms with E-state index in [1.165, 1.54) is 7.11 Å². The molecule has 0 amide bonds. The highest BCUT2D eigenvalue weighted by atomic mass is 16.7. The summed E-state index contributed by atoms with van der Waals surface area (Å²) in [7, 11) is 1.48. The van der Waals surface area contributed by atoms with Crippen LogP contribution >= 0.6 is 0 Å². The lowest BCUT2D eigenvalue weighted by molar-refractivity contribution is -0.268. The number of aliphatic hydroxyl groups is 5. The fourth-order valence-electron chi connectivity index (χ4n) is 4.50. The number of methoxy groups -OCH3 is 1. The predicted molar refractivity (Wildman–Crippen MR) is 121 cm³/mol. The number of rotatable bonds is 8. The molecular formula is C25H32O9.